The molecule has 100 valence electrons. The molecule has 0 fully saturated rings. The van der Waals surface area contributed by atoms with Crippen molar-refractivity contribution in [2.75, 3.05) is 12.4 Å². The molecule has 1 aromatic carbocycles. The molecule has 1 N–H and O–H groups in total. The molecule has 0 aliphatic heterocycles. The molecule has 1 aromatic rings. The molecule has 0 saturated heterocycles. The lowest BCUT2D eigenvalue weighted by atomic mass is 10.2. The van der Waals surface area contributed by atoms with Crippen molar-refractivity contribution in [1.82, 2.24) is 0 Å². The van der Waals surface area contributed by atoms with Gasteiger partial charge in [-0.1, -0.05) is 13.8 Å². The maximum Gasteiger partial charge on any atom is 0.261 e. The minimum atomic E-state index is -3.84. The number of nitrogens with one attached hydrogen (secondary N) is 1. The van der Waals surface area contributed by atoms with Gasteiger partial charge in [-0.3, -0.25) is 4.79 Å². The molecule has 5 nitrogen and oxygen atoms in total. The Morgan fingerprint density at radius 2 is 2.00 bits per heavy atom. The average Bonchev–Trinajstić information content (AvgIpc) is 2.27. The summed E-state index contributed by atoms with van der Waals surface area (Å²) in [4.78, 5) is 11.5. The number of rotatable bonds is 4. The summed E-state index contributed by atoms with van der Waals surface area (Å²) in [7, 11) is 2.83. The molecular weight excluding hydrogens is 278 g/mol. The summed E-state index contributed by atoms with van der Waals surface area (Å²) in [6.45, 7) is 3.45. The summed E-state index contributed by atoms with van der Waals surface area (Å²) < 4.78 is 27.5. The van der Waals surface area contributed by atoms with Crippen molar-refractivity contribution in [3.8, 4) is 5.75 Å². The van der Waals surface area contributed by atoms with Gasteiger partial charge in [-0.05, 0) is 18.2 Å². The number of halogens is 1. The van der Waals surface area contributed by atoms with Crippen LogP contribution in [0.4, 0.5) is 5.69 Å². The molecule has 0 atom stereocenters. The van der Waals surface area contributed by atoms with E-state index in [0.29, 0.717) is 5.75 Å². The van der Waals surface area contributed by atoms with Crippen molar-refractivity contribution in [3.63, 3.8) is 0 Å². The first-order valence-electron chi connectivity index (χ1n) is 5.19. The zero-order valence-electron chi connectivity index (χ0n) is 10.2. The van der Waals surface area contributed by atoms with E-state index in [1.165, 1.54) is 25.3 Å². The minimum absolute atomic E-state index is 0.0935. The van der Waals surface area contributed by atoms with Gasteiger partial charge in [0.05, 0.1) is 17.7 Å². The fraction of sp³-hybridized carbons (Fsp3) is 0.364. The lowest BCUT2D eigenvalue weighted by molar-refractivity contribution is -0.118. The van der Waals surface area contributed by atoms with Crippen molar-refractivity contribution in [2.45, 2.75) is 18.7 Å². The Morgan fingerprint density at radius 1 is 1.39 bits per heavy atom. The van der Waals surface area contributed by atoms with Crippen LogP contribution in [0.25, 0.3) is 0 Å². The van der Waals surface area contributed by atoms with Crippen molar-refractivity contribution in [1.29, 1.82) is 0 Å². The van der Waals surface area contributed by atoms with Gasteiger partial charge in [-0.2, -0.15) is 0 Å². The molecule has 0 unspecified atom stereocenters. The van der Waals surface area contributed by atoms with Crippen molar-refractivity contribution < 1.29 is 17.9 Å². The number of anilines is 1. The average molecular weight is 292 g/mol. The van der Waals surface area contributed by atoms with Gasteiger partial charge in [0.2, 0.25) is 5.91 Å². The van der Waals surface area contributed by atoms with Crippen LogP contribution in [-0.2, 0) is 13.8 Å². The van der Waals surface area contributed by atoms with Gasteiger partial charge in [0.25, 0.3) is 9.05 Å². The number of carbonyl (C=O) groups excluding carboxylic acids is 1. The number of hydrogen-bond acceptors (Lipinski definition) is 4. The molecule has 1 amide bonds. The third-order valence-electron chi connectivity index (χ3n) is 2.23. The zero-order valence-corrected chi connectivity index (χ0v) is 11.8. The van der Waals surface area contributed by atoms with Crippen LogP contribution in [0.3, 0.4) is 0 Å². The third kappa shape index (κ3) is 3.61. The Bertz CT molecular complexity index is 554. The summed E-state index contributed by atoms with van der Waals surface area (Å²) in [6, 6.07) is 4.01. The van der Waals surface area contributed by atoms with Crippen molar-refractivity contribution >= 4 is 31.3 Å². The second kappa shape index (κ2) is 5.58. The minimum Gasteiger partial charge on any atom is -0.495 e. The maximum atomic E-state index is 11.6. The monoisotopic (exact) mass is 291 g/mol. The van der Waals surface area contributed by atoms with Crippen molar-refractivity contribution in [3.05, 3.63) is 18.2 Å². The summed E-state index contributed by atoms with van der Waals surface area (Å²) in [5, 5.41) is 2.59. The molecule has 0 aromatic heterocycles. The molecule has 0 heterocycles. The van der Waals surface area contributed by atoms with E-state index in [2.05, 4.69) is 5.32 Å². The van der Waals surface area contributed by atoms with Gasteiger partial charge < -0.3 is 10.1 Å². The highest BCUT2D eigenvalue weighted by Crippen LogP contribution is 2.29. The largest absolute Gasteiger partial charge is 0.495 e. The second-order valence-corrected chi connectivity index (χ2v) is 6.51. The molecular formula is C11H14ClNO4S. The second-order valence-electron chi connectivity index (χ2n) is 3.94. The van der Waals surface area contributed by atoms with Crippen LogP contribution < -0.4 is 10.1 Å². The number of hydrogen-bond donors (Lipinski definition) is 1. The number of benzene rings is 1. The Balaban J connectivity index is 3.19. The quantitative estimate of drug-likeness (QED) is 0.863. The van der Waals surface area contributed by atoms with E-state index in [-0.39, 0.29) is 22.4 Å². The smallest absolute Gasteiger partial charge is 0.261 e. The SMILES string of the molecule is COc1ccc(S(=O)(=O)Cl)cc1NC(=O)C(C)C. The van der Waals surface area contributed by atoms with E-state index in [4.69, 9.17) is 15.4 Å². The molecule has 0 radical (unpaired) electrons. The molecule has 0 aliphatic rings. The van der Waals surface area contributed by atoms with Gasteiger partial charge in [-0.15, -0.1) is 0 Å². The molecule has 0 saturated carbocycles. The number of carbonyl (C=O) groups is 1. The number of amides is 1. The van der Waals surface area contributed by atoms with Crippen molar-refractivity contribution in [2.24, 2.45) is 5.92 Å². The van der Waals surface area contributed by atoms with Gasteiger partial charge in [0.15, 0.2) is 0 Å². The van der Waals surface area contributed by atoms with E-state index in [9.17, 15) is 13.2 Å². The molecule has 18 heavy (non-hydrogen) atoms. The van der Waals surface area contributed by atoms with Crippen LogP contribution in [0.15, 0.2) is 23.1 Å². The van der Waals surface area contributed by atoms with Crippen LogP contribution in [0.2, 0.25) is 0 Å². The standard InChI is InChI=1S/C11H14ClNO4S/c1-7(2)11(14)13-9-6-8(18(12,15)16)4-5-10(9)17-3/h4-7H,1-3H3,(H,13,14). The van der Waals surface area contributed by atoms with Crippen LogP contribution >= 0.6 is 10.7 Å². The fourth-order valence-electron chi connectivity index (χ4n) is 1.21. The predicted molar refractivity (Wildman–Crippen MR) is 69.5 cm³/mol. The molecule has 0 spiro atoms. The fourth-order valence-corrected chi connectivity index (χ4v) is 1.99. The Morgan fingerprint density at radius 3 is 2.44 bits per heavy atom. The van der Waals surface area contributed by atoms with Crippen LogP contribution in [0, 0.1) is 5.92 Å². The van der Waals surface area contributed by atoms with E-state index >= 15 is 0 Å². The first kappa shape index (κ1) is 14.8. The lowest BCUT2D eigenvalue weighted by Crippen LogP contribution is -2.18. The van der Waals surface area contributed by atoms with Crippen LogP contribution in [0.5, 0.6) is 5.75 Å². The highest BCUT2D eigenvalue weighted by molar-refractivity contribution is 8.13. The summed E-state index contributed by atoms with van der Waals surface area (Å²) in [5.74, 6) is -0.101. The lowest BCUT2D eigenvalue weighted by Gasteiger charge is -2.12. The third-order valence-corrected chi connectivity index (χ3v) is 3.59. The number of ether oxygens (including phenoxy) is 1. The van der Waals surface area contributed by atoms with Gasteiger partial charge in [0.1, 0.15) is 5.75 Å². The van der Waals surface area contributed by atoms with Crippen LogP contribution in [-0.4, -0.2) is 21.4 Å². The highest BCUT2D eigenvalue weighted by atomic mass is 35.7. The van der Waals surface area contributed by atoms with E-state index < -0.39 is 9.05 Å². The van der Waals surface area contributed by atoms with E-state index in [1.54, 1.807) is 13.8 Å². The van der Waals surface area contributed by atoms with E-state index in [0.717, 1.165) is 0 Å². The number of methoxy groups -OCH3 is 1. The Hall–Kier alpha value is -1.27. The summed E-state index contributed by atoms with van der Waals surface area (Å²) in [5.41, 5.74) is 0.276. The van der Waals surface area contributed by atoms with E-state index in [1.807, 2.05) is 0 Å². The first-order valence-corrected chi connectivity index (χ1v) is 7.50. The molecule has 1 rings (SSSR count). The van der Waals surface area contributed by atoms with Gasteiger partial charge in [-0.25, -0.2) is 8.42 Å². The maximum absolute atomic E-state index is 11.6. The topological polar surface area (TPSA) is 72.5 Å². The molecule has 7 heteroatoms. The van der Waals surface area contributed by atoms with Crippen LogP contribution in [0.1, 0.15) is 13.8 Å². The van der Waals surface area contributed by atoms with Gasteiger partial charge >= 0.3 is 0 Å². The Kier molecular flexibility index (Phi) is 4.59. The molecule has 0 bridgehead atoms. The van der Waals surface area contributed by atoms with Gasteiger partial charge in [0, 0.05) is 16.6 Å². The predicted octanol–water partition coefficient (Wildman–Crippen LogP) is 2.22. The normalized spacial score (nSPS) is 11.4. The highest BCUT2D eigenvalue weighted by Gasteiger charge is 2.16. The Labute approximate surface area is 111 Å². The summed E-state index contributed by atoms with van der Waals surface area (Å²) >= 11 is 0. The first-order chi connectivity index (χ1) is 8.25. The summed E-state index contributed by atoms with van der Waals surface area (Å²) in [6.07, 6.45) is 0. The zero-order chi connectivity index (χ0) is 13.9. The molecule has 0 aliphatic carbocycles.